The molecule has 0 spiro atoms. The van der Waals surface area contributed by atoms with Crippen LogP contribution in [0.1, 0.15) is 75.8 Å². The Morgan fingerprint density at radius 1 is 0.750 bits per heavy atom. The standard InChI is InChI=1S/C39H52F6N4O11/c1-2-3-4-5-6-7-8-9-16-29(52)49-30-27(19-50)57-21-26(48-36(55)46-24-14-10-12-22(17-24)38(40,41)42)33(30)59-35-34(32(54)31(53)28(20-51)58-35)60-37(56)47-25-15-11-13-23(18-25)39(43,44)45/h10-15,17-18,26-28,30-35,50-51,53-54H,2-9,16,19-21H2,1H3,(H,47,56)(H,49,52)(H2,46,48,55)/t26?,27?,28?,30-,31-,32-,33+,34?,35+/m0/s1. The van der Waals surface area contributed by atoms with Crippen LogP contribution in [0.25, 0.3) is 0 Å². The van der Waals surface area contributed by atoms with Gasteiger partial charge in [0.05, 0.1) is 43.0 Å². The topological polar surface area (TPSA) is 217 Å². The van der Waals surface area contributed by atoms with Crippen molar-refractivity contribution in [2.45, 2.75) is 132 Å². The summed E-state index contributed by atoms with van der Waals surface area (Å²) in [4.78, 5) is 39.7. The Labute approximate surface area is 342 Å². The predicted octanol–water partition coefficient (Wildman–Crippen LogP) is 5.06. The number of rotatable bonds is 18. The Balaban J connectivity index is 1.59. The van der Waals surface area contributed by atoms with Gasteiger partial charge in [0.1, 0.15) is 30.5 Å². The number of carbonyl (C=O) groups excluding carboxylic acids is 3. The lowest BCUT2D eigenvalue weighted by molar-refractivity contribution is -0.319. The van der Waals surface area contributed by atoms with Gasteiger partial charge in [0, 0.05) is 17.8 Å². The third-order valence-corrected chi connectivity index (χ3v) is 9.97. The minimum Gasteiger partial charge on any atom is -0.438 e. The Kier molecular flexibility index (Phi) is 18.2. The zero-order valence-corrected chi connectivity index (χ0v) is 32.7. The minimum atomic E-state index is -4.76. The van der Waals surface area contributed by atoms with Crippen LogP contribution in [-0.4, -0.2) is 113 Å². The summed E-state index contributed by atoms with van der Waals surface area (Å²) in [5.41, 5.74) is -2.77. The molecular weight excluding hydrogens is 814 g/mol. The van der Waals surface area contributed by atoms with Crippen LogP contribution in [0.5, 0.6) is 0 Å². The second kappa shape index (κ2) is 22.6. The van der Waals surface area contributed by atoms with Crippen molar-refractivity contribution in [3.8, 4) is 0 Å². The molecule has 0 radical (unpaired) electrons. The third-order valence-electron chi connectivity index (χ3n) is 9.97. The molecule has 0 saturated carbocycles. The Morgan fingerprint density at radius 3 is 1.88 bits per heavy atom. The zero-order valence-electron chi connectivity index (χ0n) is 32.7. The fraction of sp³-hybridized carbons (Fsp3) is 0.615. The summed E-state index contributed by atoms with van der Waals surface area (Å²) in [6, 6.07) is 3.52. The minimum absolute atomic E-state index is 0.0311. The van der Waals surface area contributed by atoms with Gasteiger partial charge in [-0.25, -0.2) is 9.59 Å². The lowest BCUT2D eigenvalue weighted by atomic mass is 9.94. The summed E-state index contributed by atoms with van der Waals surface area (Å²) in [6.07, 6.45) is -15.6. The molecule has 2 saturated heterocycles. The van der Waals surface area contributed by atoms with E-state index in [1.54, 1.807) is 0 Å². The molecule has 60 heavy (non-hydrogen) atoms. The number of nitrogens with one attached hydrogen (secondary N) is 4. The maximum absolute atomic E-state index is 13.4. The van der Waals surface area contributed by atoms with E-state index < -0.39 is 116 Å². The average Bonchev–Trinajstić information content (AvgIpc) is 3.19. The van der Waals surface area contributed by atoms with Crippen molar-refractivity contribution in [1.82, 2.24) is 10.6 Å². The molecule has 2 aromatic carbocycles. The number of anilines is 2. The molecule has 2 aromatic rings. The number of alkyl halides is 6. The normalized spacial score (nSPS) is 25.9. The monoisotopic (exact) mass is 866 g/mol. The lowest BCUT2D eigenvalue weighted by Crippen LogP contribution is -2.69. The molecule has 15 nitrogen and oxygen atoms in total. The highest BCUT2D eigenvalue weighted by Gasteiger charge is 2.51. The number of halogens is 6. The molecule has 2 aliphatic heterocycles. The van der Waals surface area contributed by atoms with Gasteiger partial charge in [0.15, 0.2) is 12.4 Å². The van der Waals surface area contributed by atoms with Crippen molar-refractivity contribution >= 4 is 29.4 Å². The van der Waals surface area contributed by atoms with Crippen LogP contribution >= 0.6 is 0 Å². The van der Waals surface area contributed by atoms with Gasteiger partial charge in [-0.3, -0.25) is 10.1 Å². The number of aliphatic hydroxyl groups excluding tert-OH is 4. The summed E-state index contributed by atoms with van der Waals surface area (Å²) in [5, 5.41) is 51.7. The maximum Gasteiger partial charge on any atom is 0.416 e. The highest BCUT2D eigenvalue weighted by Crippen LogP contribution is 2.33. The third kappa shape index (κ3) is 14.2. The van der Waals surface area contributed by atoms with Crippen LogP contribution in [0.2, 0.25) is 0 Å². The largest absolute Gasteiger partial charge is 0.438 e. The van der Waals surface area contributed by atoms with Crippen LogP contribution in [0.3, 0.4) is 0 Å². The molecule has 0 bridgehead atoms. The van der Waals surface area contributed by atoms with E-state index in [1.807, 2.05) is 0 Å². The Hall–Kier alpha value is -4.25. The highest BCUT2D eigenvalue weighted by atomic mass is 19.4. The summed E-state index contributed by atoms with van der Waals surface area (Å²) >= 11 is 0. The molecule has 2 fully saturated rings. The van der Waals surface area contributed by atoms with Crippen molar-refractivity contribution in [1.29, 1.82) is 0 Å². The maximum atomic E-state index is 13.4. The number of hydrogen-bond donors (Lipinski definition) is 8. The number of urea groups is 1. The van der Waals surface area contributed by atoms with Crippen LogP contribution in [0.4, 0.5) is 47.3 Å². The fourth-order valence-corrected chi connectivity index (χ4v) is 6.81. The lowest BCUT2D eigenvalue weighted by Gasteiger charge is -2.47. The first-order valence-electron chi connectivity index (χ1n) is 19.6. The van der Waals surface area contributed by atoms with Crippen molar-refractivity contribution in [3.05, 3.63) is 59.7 Å². The SMILES string of the molecule is CCCCCCCCCCC(=O)N[C@H]1C(CO)OCC(NC(=O)Nc2cccc(C(F)(F)F)c2)[C@H]1O[C@H]1OC(CO)[C@H](O)[C@H](O)C1OC(=O)Nc1cccc(C(F)(F)F)c1. The first-order chi connectivity index (χ1) is 28.4. The molecule has 336 valence electrons. The van der Waals surface area contributed by atoms with Gasteiger partial charge in [-0.2, -0.15) is 26.3 Å². The van der Waals surface area contributed by atoms with Crippen LogP contribution in [0, 0.1) is 0 Å². The highest BCUT2D eigenvalue weighted by molar-refractivity contribution is 5.89. The smallest absolute Gasteiger partial charge is 0.416 e. The van der Waals surface area contributed by atoms with Crippen LogP contribution in [-0.2, 0) is 36.1 Å². The number of aliphatic hydroxyl groups is 4. The number of amides is 4. The Bertz CT molecular complexity index is 1690. The van der Waals surface area contributed by atoms with Crippen LogP contribution in [0.15, 0.2) is 48.5 Å². The van der Waals surface area contributed by atoms with Gasteiger partial charge >= 0.3 is 24.5 Å². The molecule has 21 heteroatoms. The number of benzene rings is 2. The van der Waals surface area contributed by atoms with Gasteiger partial charge in [-0.1, -0.05) is 64.0 Å². The summed E-state index contributed by atoms with van der Waals surface area (Å²) < 4.78 is 103. The van der Waals surface area contributed by atoms with Crippen molar-refractivity contribution < 1.29 is 80.1 Å². The van der Waals surface area contributed by atoms with Gasteiger partial charge in [0.2, 0.25) is 5.91 Å². The van der Waals surface area contributed by atoms with Gasteiger partial charge < -0.3 is 55.3 Å². The van der Waals surface area contributed by atoms with Gasteiger partial charge in [0.25, 0.3) is 0 Å². The fourth-order valence-electron chi connectivity index (χ4n) is 6.81. The van der Waals surface area contributed by atoms with E-state index in [-0.39, 0.29) is 17.8 Å². The molecule has 0 aromatic heterocycles. The van der Waals surface area contributed by atoms with E-state index in [1.165, 1.54) is 6.07 Å². The van der Waals surface area contributed by atoms with E-state index >= 15 is 0 Å². The molecule has 4 rings (SSSR count). The molecular formula is C39H52F6N4O11. The van der Waals surface area contributed by atoms with E-state index in [0.717, 1.165) is 75.3 Å². The number of carbonyl (C=O) groups is 3. The zero-order chi connectivity index (χ0) is 44.0. The van der Waals surface area contributed by atoms with Gasteiger partial charge in [-0.05, 0) is 42.8 Å². The molecule has 4 amide bonds. The molecule has 4 unspecified atom stereocenters. The molecule has 2 heterocycles. The number of ether oxygens (including phenoxy) is 4. The number of hydrogen-bond acceptors (Lipinski definition) is 11. The molecule has 8 N–H and O–H groups in total. The van der Waals surface area contributed by atoms with E-state index in [4.69, 9.17) is 18.9 Å². The average molecular weight is 867 g/mol. The number of unbranched alkanes of at least 4 members (excludes halogenated alkanes) is 7. The predicted molar refractivity (Wildman–Crippen MR) is 201 cm³/mol. The van der Waals surface area contributed by atoms with Gasteiger partial charge in [-0.15, -0.1) is 0 Å². The van der Waals surface area contributed by atoms with Crippen LogP contribution < -0.4 is 21.3 Å². The molecule has 0 aliphatic carbocycles. The molecule has 9 atom stereocenters. The quantitative estimate of drug-likeness (QED) is 0.0732. The second-order valence-corrected chi connectivity index (χ2v) is 14.5. The van der Waals surface area contributed by atoms with E-state index in [0.29, 0.717) is 18.6 Å². The summed E-state index contributed by atoms with van der Waals surface area (Å²) in [7, 11) is 0. The second-order valence-electron chi connectivity index (χ2n) is 14.5. The van der Waals surface area contributed by atoms with Crippen molar-refractivity contribution in [2.75, 3.05) is 30.5 Å². The first-order valence-corrected chi connectivity index (χ1v) is 19.6. The van der Waals surface area contributed by atoms with Crippen molar-refractivity contribution in [2.24, 2.45) is 0 Å². The van der Waals surface area contributed by atoms with E-state index in [2.05, 4.69) is 28.2 Å². The molecule has 2 aliphatic rings. The van der Waals surface area contributed by atoms with Crippen molar-refractivity contribution in [3.63, 3.8) is 0 Å². The first kappa shape index (κ1) is 48.4. The summed E-state index contributed by atoms with van der Waals surface area (Å²) in [5.74, 6) is -0.516. The van der Waals surface area contributed by atoms with E-state index in [9.17, 15) is 61.2 Å². The summed E-state index contributed by atoms with van der Waals surface area (Å²) in [6.45, 7) is 0.0472. The Morgan fingerprint density at radius 2 is 1.32 bits per heavy atom.